The van der Waals surface area contributed by atoms with Crippen molar-refractivity contribution < 1.29 is 14.3 Å². The lowest BCUT2D eigenvalue weighted by Gasteiger charge is -2.04. The van der Waals surface area contributed by atoms with Gasteiger partial charge < -0.3 is 4.74 Å². The number of hydrogen-bond acceptors (Lipinski definition) is 4. The number of thioether (sulfide) groups is 1. The van der Waals surface area contributed by atoms with E-state index in [9.17, 15) is 9.59 Å². The number of ether oxygens (including phenoxy) is 1. The predicted octanol–water partition coefficient (Wildman–Crippen LogP) is 2.26. The number of ketones is 1. The molecule has 18 heavy (non-hydrogen) atoms. The van der Waals surface area contributed by atoms with Crippen molar-refractivity contribution in [3.8, 4) is 0 Å². The number of hydrogen-bond donors (Lipinski definition) is 0. The quantitative estimate of drug-likeness (QED) is 0.604. The van der Waals surface area contributed by atoms with E-state index >= 15 is 0 Å². The Bertz CT molecular complexity index is 468. The molecule has 0 saturated carbocycles. The summed E-state index contributed by atoms with van der Waals surface area (Å²) in [5, 5.41) is 0. The van der Waals surface area contributed by atoms with Gasteiger partial charge in [0.25, 0.3) is 0 Å². The van der Waals surface area contributed by atoms with Gasteiger partial charge in [-0.15, -0.1) is 11.8 Å². The second-order valence-electron chi connectivity index (χ2n) is 4.33. The minimum atomic E-state index is -0.290. The lowest BCUT2D eigenvalue weighted by Crippen LogP contribution is -2.08. The summed E-state index contributed by atoms with van der Waals surface area (Å²) in [6, 6.07) is 5.95. The molecular weight excluding hydrogens is 248 g/mol. The van der Waals surface area contributed by atoms with Crippen LogP contribution < -0.4 is 0 Å². The largest absolute Gasteiger partial charge is 0.468 e. The van der Waals surface area contributed by atoms with E-state index in [0.29, 0.717) is 5.75 Å². The van der Waals surface area contributed by atoms with Gasteiger partial charge in [-0.05, 0) is 36.5 Å². The van der Waals surface area contributed by atoms with Crippen molar-refractivity contribution >= 4 is 23.5 Å². The Hall–Kier alpha value is -1.29. The van der Waals surface area contributed by atoms with Crippen LogP contribution in [-0.2, 0) is 22.4 Å². The standard InChI is InChI=1S/C14H16O3S/c1-17-14(16)9-18-8-13(15)12-6-5-10-3-2-4-11(10)7-12/h5-7H,2-4,8-9H2,1H3. The molecule has 0 amide bonds. The van der Waals surface area contributed by atoms with Crippen LogP contribution in [0.1, 0.15) is 27.9 Å². The fraction of sp³-hybridized carbons (Fsp3) is 0.429. The number of Topliss-reactive ketones (excluding diaryl/α,β-unsaturated/α-hetero) is 1. The summed E-state index contributed by atoms with van der Waals surface area (Å²) < 4.78 is 4.53. The van der Waals surface area contributed by atoms with E-state index in [1.54, 1.807) is 0 Å². The maximum Gasteiger partial charge on any atom is 0.315 e. The van der Waals surface area contributed by atoms with Crippen molar-refractivity contribution in [3.63, 3.8) is 0 Å². The Morgan fingerprint density at radius 1 is 1.22 bits per heavy atom. The summed E-state index contributed by atoms with van der Waals surface area (Å²) in [6.07, 6.45) is 3.39. The number of rotatable bonds is 5. The van der Waals surface area contributed by atoms with Crippen LogP contribution in [0.15, 0.2) is 18.2 Å². The molecule has 1 aromatic carbocycles. The van der Waals surface area contributed by atoms with Crippen LogP contribution >= 0.6 is 11.8 Å². The van der Waals surface area contributed by atoms with E-state index < -0.39 is 0 Å². The van der Waals surface area contributed by atoms with Crippen LogP contribution in [0, 0.1) is 0 Å². The summed E-state index contributed by atoms with van der Waals surface area (Å²) >= 11 is 1.30. The highest BCUT2D eigenvalue weighted by Gasteiger charge is 2.14. The third-order valence-corrected chi connectivity index (χ3v) is 4.01. The molecule has 0 aromatic heterocycles. The third kappa shape index (κ3) is 3.13. The molecule has 0 saturated heterocycles. The maximum absolute atomic E-state index is 11.9. The Labute approximate surface area is 111 Å². The van der Waals surface area contributed by atoms with Gasteiger partial charge in [0, 0.05) is 5.56 Å². The molecule has 0 unspecified atom stereocenters. The second kappa shape index (κ2) is 6.05. The minimum absolute atomic E-state index is 0.0820. The highest BCUT2D eigenvalue weighted by atomic mass is 32.2. The minimum Gasteiger partial charge on any atom is -0.468 e. The molecule has 96 valence electrons. The average Bonchev–Trinajstić information content (AvgIpc) is 2.85. The maximum atomic E-state index is 11.9. The van der Waals surface area contributed by atoms with Gasteiger partial charge in [0.15, 0.2) is 5.78 Å². The second-order valence-corrected chi connectivity index (χ2v) is 5.31. The van der Waals surface area contributed by atoms with Crippen LogP contribution in [-0.4, -0.2) is 30.4 Å². The molecule has 0 atom stereocenters. The summed E-state index contributed by atoms with van der Waals surface area (Å²) in [4.78, 5) is 22.9. The van der Waals surface area contributed by atoms with Gasteiger partial charge in [-0.3, -0.25) is 9.59 Å². The normalized spacial score (nSPS) is 13.2. The molecular formula is C14H16O3S. The number of methoxy groups -OCH3 is 1. The van der Waals surface area contributed by atoms with E-state index in [4.69, 9.17) is 0 Å². The molecule has 4 heteroatoms. The van der Waals surface area contributed by atoms with Gasteiger partial charge in [-0.2, -0.15) is 0 Å². The number of esters is 1. The molecule has 1 aliphatic carbocycles. The Morgan fingerprint density at radius 3 is 2.78 bits per heavy atom. The zero-order valence-electron chi connectivity index (χ0n) is 10.4. The van der Waals surface area contributed by atoms with Gasteiger partial charge in [0.1, 0.15) is 0 Å². The number of benzene rings is 1. The Balaban J connectivity index is 1.91. The summed E-state index contributed by atoms with van der Waals surface area (Å²) in [6.45, 7) is 0. The molecule has 0 aliphatic heterocycles. The molecule has 1 aromatic rings. The highest BCUT2D eigenvalue weighted by molar-refractivity contribution is 8.00. The van der Waals surface area contributed by atoms with Gasteiger partial charge >= 0.3 is 5.97 Å². The molecule has 2 rings (SSSR count). The monoisotopic (exact) mass is 264 g/mol. The van der Waals surface area contributed by atoms with Crippen molar-refractivity contribution in [2.45, 2.75) is 19.3 Å². The third-order valence-electron chi connectivity index (χ3n) is 3.10. The predicted molar refractivity (Wildman–Crippen MR) is 72.1 cm³/mol. The fourth-order valence-electron chi connectivity index (χ4n) is 2.11. The van der Waals surface area contributed by atoms with Crippen molar-refractivity contribution in [2.24, 2.45) is 0 Å². The van der Waals surface area contributed by atoms with Gasteiger partial charge in [-0.1, -0.05) is 12.1 Å². The van der Waals surface area contributed by atoms with E-state index in [1.807, 2.05) is 12.1 Å². The van der Waals surface area contributed by atoms with Crippen molar-refractivity contribution in [3.05, 3.63) is 34.9 Å². The molecule has 0 heterocycles. The first-order chi connectivity index (χ1) is 8.70. The lowest BCUT2D eigenvalue weighted by molar-refractivity contribution is -0.137. The Kier molecular flexibility index (Phi) is 4.42. The fourth-order valence-corrected chi connectivity index (χ4v) is 2.85. The summed E-state index contributed by atoms with van der Waals surface area (Å²) in [5.41, 5.74) is 3.43. The Morgan fingerprint density at radius 2 is 2.00 bits per heavy atom. The van der Waals surface area contributed by atoms with Crippen LogP contribution in [0.4, 0.5) is 0 Å². The van der Waals surface area contributed by atoms with E-state index in [2.05, 4.69) is 10.8 Å². The van der Waals surface area contributed by atoms with Gasteiger partial charge in [0.05, 0.1) is 18.6 Å². The molecule has 1 aliphatic rings. The number of aryl methyl sites for hydroxylation is 2. The SMILES string of the molecule is COC(=O)CSCC(=O)c1ccc2c(c1)CCC2. The van der Waals surface area contributed by atoms with Gasteiger partial charge in [0.2, 0.25) is 0 Å². The highest BCUT2D eigenvalue weighted by Crippen LogP contribution is 2.23. The van der Waals surface area contributed by atoms with Crippen LogP contribution in [0.25, 0.3) is 0 Å². The van der Waals surface area contributed by atoms with Crippen molar-refractivity contribution in [2.75, 3.05) is 18.6 Å². The topological polar surface area (TPSA) is 43.4 Å². The first-order valence-corrected chi connectivity index (χ1v) is 7.15. The van der Waals surface area contributed by atoms with Crippen molar-refractivity contribution in [1.29, 1.82) is 0 Å². The first kappa shape index (κ1) is 13.1. The summed E-state index contributed by atoms with van der Waals surface area (Å²) in [7, 11) is 1.35. The van der Waals surface area contributed by atoms with E-state index in [-0.39, 0.29) is 17.5 Å². The van der Waals surface area contributed by atoms with Crippen LogP contribution in [0.2, 0.25) is 0 Å². The zero-order chi connectivity index (χ0) is 13.0. The van der Waals surface area contributed by atoms with Crippen molar-refractivity contribution in [1.82, 2.24) is 0 Å². The molecule has 0 bridgehead atoms. The molecule has 0 radical (unpaired) electrons. The van der Waals surface area contributed by atoms with Gasteiger partial charge in [-0.25, -0.2) is 0 Å². The first-order valence-electron chi connectivity index (χ1n) is 6.00. The molecule has 3 nitrogen and oxygen atoms in total. The zero-order valence-corrected chi connectivity index (χ0v) is 11.2. The number of carbonyl (C=O) groups is 2. The lowest BCUT2D eigenvalue weighted by atomic mass is 10.0. The molecule has 0 spiro atoms. The van der Waals surface area contributed by atoms with E-state index in [1.165, 1.54) is 36.4 Å². The number of carbonyl (C=O) groups excluding carboxylic acids is 2. The smallest absolute Gasteiger partial charge is 0.315 e. The molecule has 0 fully saturated rings. The van der Waals surface area contributed by atoms with Crippen LogP contribution in [0.5, 0.6) is 0 Å². The van der Waals surface area contributed by atoms with Crippen LogP contribution in [0.3, 0.4) is 0 Å². The molecule has 0 N–H and O–H groups in total. The average molecular weight is 264 g/mol. The van der Waals surface area contributed by atoms with E-state index in [0.717, 1.165) is 18.4 Å². The summed E-state index contributed by atoms with van der Waals surface area (Å²) in [5.74, 6) is 0.349. The number of fused-ring (bicyclic) bond motifs is 1.